The molecule has 5 rings (SSSR count). The average molecular weight is 443 g/mol. The van der Waals surface area contributed by atoms with Crippen molar-refractivity contribution in [1.82, 2.24) is 10.1 Å². The van der Waals surface area contributed by atoms with Crippen LogP contribution >= 0.6 is 0 Å². The van der Waals surface area contributed by atoms with E-state index in [4.69, 9.17) is 8.94 Å². The van der Waals surface area contributed by atoms with Crippen LogP contribution in [0.3, 0.4) is 0 Å². The Bertz CT molecular complexity index is 1240. The maximum atomic E-state index is 12.4. The Morgan fingerprint density at radius 2 is 1.82 bits per heavy atom. The number of furan rings is 1. The van der Waals surface area contributed by atoms with Crippen LogP contribution in [0.5, 0.6) is 0 Å². The van der Waals surface area contributed by atoms with Crippen LogP contribution in [0, 0.1) is 12.8 Å². The fraction of sp³-hybridized carbons (Fsp3) is 0.269. The molecule has 168 valence electrons. The van der Waals surface area contributed by atoms with E-state index in [1.807, 2.05) is 37.3 Å². The summed E-state index contributed by atoms with van der Waals surface area (Å²) >= 11 is 0. The Morgan fingerprint density at radius 3 is 2.55 bits per heavy atom. The zero-order valence-corrected chi connectivity index (χ0v) is 18.7. The van der Waals surface area contributed by atoms with E-state index in [9.17, 15) is 4.79 Å². The van der Waals surface area contributed by atoms with E-state index in [2.05, 4.69) is 39.4 Å². The molecule has 7 heteroatoms. The highest BCUT2D eigenvalue weighted by molar-refractivity contribution is 6.02. The summed E-state index contributed by atoms with van der Waals surface area (Å²) in [6.07, 6.45) is 3.94. The van der Waals surface area contributed by atoms with Gasteiger partial charge in [-0.1, -0.05) is 18.1 Å². The largest absolute Gasteiger partial charge is 0.459 e. The van der Waals surface area contributed by atoms with Crippen molar-refractivity contribution in [2.24, 2.45) is 5.92 Å². The molecule has 1 amide bonds. The van der Waals surface area contributed by atoms with E-state index in [0.717, 1.165) is 35.7 Å². The molecule has 0 saturated carbocycles. The Labute approximate surface area is 192 Å². The molecule has 3 heterocycles. The lowest BCUT2D eigenvalue weighted by atomic mass is 9.98. The molecular formula is C26H26N4O3. The molecule has 0 aliphatic carbocycles. The van der Waals surface area contributed by atoms with Gasteiger partial charge in [0.15, 0.2) is 5.76 Å². The first kappa shape index (κ1) is 21.0. The van der Waals surface area contributed by atoms with Crippen LogP contribution < -0.4 is 10.2 Å². The SMILES string of the molecule is Cc1ccc(-c2nc(-c3ccc(N4CCC(C)CC4)cc3)no2)cc1NC(=O)c1ccco1. The number of rotatable bonds is 5. The normalized spacial score (nSPS) is 14.4. The monoisotopic (exact) mass is 442 g/mol. The van der Waals surface area contributed by atoms with Gasteiger partial charge in [-0.15, -0.1) is 0 Å². The number of hydrogen-bond donors (Lipinski definition) is 1. The van der Waals surface area contributed by atoms with E-state index in [1.54, 1.807) is 12.1 Å². The number of amides is 1. The molecule has 0 bridgehead atoms. The molecule has 2 aromatic heterocycles. The summed E-state index contributed by atoms with van der Waals surface area (Å²) in [7, 11) is 0. The van der Waals surface area contributed by atoms with Gasteiger partial charge in [-0.25, -0.2) is 0 Å². The number of nitrogens with one attached hydrogen (secondary N) is 1. The predicted octanol–water partition coefficient (Wildman–Crippen LogP) is 5.79. The van der Waals surface area contributed by atoms with Gasteiger partial charge in [-0.2, -0.15) is 4.98 Å². The molecule has 1 N–H and O–H groups in total. The van der Waals surface area contributed by atoms with Crippen molar-refractivity contribution >= 4 is 17.3 Å². The van der Waals surface area contributed by atoms with Crippen molar-refractivity contribution in [3.05, 3.63) is 72.2 Å². The second kappa shape index (κ2) is 8.94. The smallest absolute Gasteiger partial charge is 0.291 e. The van der Waals surface area contributed by atoms with Gasteiger partial charge in [0.2, 0.25) is 5.82 Å². The van der Waals surface area contributed by atoms with Gasteiger partial charge in [0.05, 0.1) is 6.26 Å². The summed E-state index contributed by atoms with van der Waals surface area (Å²) < 4.78 is 10.7. The van der Waals surface area contributed by atoms with Gasteiger partial charge in [0.1, 0.15) is 0 Å². The Balaban J connectivity index is 1.33. The van der Waals surface area contributed by atoms with Gasteiger partial charge in [0.25, 0.3) is 11.8 Å². The molecule has 0 radical (unpaired) electrons. The number of nitrogens with zero attached hydrogens (tertiary/aromatic N) is 3. The maximum absolute atomic E-state index is 12.4. The highest BCUT2D eigenvalue weighted by Crippen LogP contribution is 2.29. The third-order valence-electron chi connectivity index (χ3n) is 6.18. The van der Waals surface area contributed by atoms with Crippen molar-refractivity contribution in [2.45, 2.75) is 26.7 Å². The van der Waals surface area contributed by atoms with Crippen LogP contribution in [0.4, 0.5) is 11.4 Å². The van der Waals surface area contributed by atoms with Crippen molar-refractivity contribution < 1.29 is 13.7 Å². The molecule has 33 heavy (non-hydrogen) atoms. The first-order chi connectivity index (χ1) is 16.1. The number of aryl methyl sites for hydroxylation is 1. The number of piperidine rings is 1. The highest BCUT2D eigenvalue weighted by Gasteiger charge is 2.17. The van der Waals surface area contributed by atoms with E-state index in [1.165, 1.54) is 24.8 Å². The van der Waals surface area contributed by atoms with E-state index in [-0.39, 0.29) is 11.7 Å². The lowest BCUT2D eigenvalue weighted by Gasteiger charge is -2.32. The van der Waals surface area contributed by atoms with Gasteiger partial charge in [0, 0.05) is 35.6 Å². The molecule has 7 nitrogen and oxygen atoms in total. The summed E-state index contributed by atoms with van der Waals surface area (Å²) in [5.41, 5.74) is 4.44. The topological polar surface area (TPSA) is 84.4 Å². The maximum Gasteiger partial charge on any atom is 0.291 e. The molecule has 0 spiro atoms. The quantitative estimate of drug-likeness (QED) is 0.421. The first-order valence-electron chi connectivity index (χ1n) is 11.2. The summed E-state index contributed by atoms with van der Waals surface area (Å²) in [4.78, 5) is 19.4. The van der Waals surface area contributed by atoms with Crippen LogP contribution in [-0.4, -0.2) is 29.1 Å². The third-order valence-corrected chi connectivity index (χ3v) is 6.18. The van der Waals surface area contributed by atoms with Crippen LogP contribution in [0.2, 0.25) is 0 Å². The van der Waals surface area contributed by atoms with Crippen molar-refractivity contribution in [3.63, 3.8) is 0 Å². The molecule has 1 fully saturated rings. The Hall–Kier alpha value is -3.87. The number of hydrogen-bond acceptors (Lipinski definition) is 6. The van der Waals surface area contributed by atoms with Gasteiger partial charge >= 0.3 is 0 Å². The Kier molecular flexibility index (Phi) is 5.69. The van der Waals surface area contributed by atoms with Crippen molar-refractivity contribution in [3.8, 4) is 22.8 Å². The molecule has 0 atom stereocenters. The summed E-state index contributed by atoms with van der Waals surface area (Å²) in [6, 6.07) is 17.2. The number of anilines is 2. The highest BCUT2D eigenvalue weighted by atomic mass is 16.5. The molecule has 0 unspecified atom stereocenters. The fourth-order valence-corrected chi connectivity index (χ4v) is 4.03. The van der Waals surface area contributed by atoms with Crippen molar-refractivity contribution in [1.29, 1.82) is 0 Å². The number of benzene rings is 2. The van der Waals surface area contributed by atoms with Crippen molar-refractivity contribution in [2.75, 3.05) is 23.3 Å². The minimum absolute atomic E-state index is 0.252. The standard InChI is InChI=1S/C26H26N4O3/c1-17-11-13-30(14-12-17)21-9-7-19(8-10-21)24-28-26(33-29-24)20-6-5-18(2)22(16-20)27-25(31)23-4-3-15-32-23/h3-10,15-17H,11-14H2,1-2H3,(H,27,31). The minimum Gasteiger partial charge on any atom is -0.459 e. The van der Waals surface area contributed by atoms with E-state index < -0.39 is 0 Å². The summed E-state index contributed by atoms with van der Waals surface area (Å²) in [5, 5.41) is 7.04. The molecule has 2 aromatic carbocycles. The van der Waals surface area contributed by atoms with Gasteiger partial charge in [-0.3, -0.25) is 4.79 Å². The molecule has 1 saturated heterocycles. The van der Waals surface area contributed by atoms with E-state index in [0.29, 0.717) is 17.4 Å². The van der Waals surface area contributed by atoms with Gasteiger partial charge in [-0.05, 0) is 79.8 Å². The van der Waals surface area contributed by atoms with Crippen LogP contribution in [0.1, 0.15) is 35.9 Å². The van der Waals surface area contributed by atoms with Crippen LogP contribution in [0.25, 0.3) is 22.8 Å². The van der Waals surface area contributed by atoms with Crippen LogP contribution in [-0.2, 0) is 0 Å². The molecule has 1 aliphatic rings. The molecular weight excluding hydrogens is 416 g/mol. The number of carbonyl (C=O) groups is 1. The molecule has 4 aromatic rings. The number of carbonyl (C=O) groups excluding carboxylic acids is 1. The van der Waals surface area contributed by atoms with Crippen LogP contribution in [0.15, 0.2) is 69.8 Å². The summed E-state index contributed by atoms with van der Waals surface area (Å²) in [5.74, 6) is 1.68. The van der Waals surface area contributed by atoms with Gasteiger partial charge < -0.3 is 19.2 Å². The predicted molar refractivity (Wildman–Crippen MR) is 127 cm³/mol. The zero-order valence-electron chi connectivity index (χ0n) is 18.7. The Morgan fingerprint density at radius 1 is 1.06 bits per heavy atom. The second-order valence-electron chi connectivity index (χ2n) is 8.60. The number of aromatic nitrogens is 2. The lowest BCUT2D eigenvalue weighted by molar-refractivity contribution is 0.0996. The average Bonchev–Trinajstić information content (AvgIpc) is 3.54. The zero-order chi connectivity index (χ0) is 22.8. The third kappa shape index (κ3) is 4.53. The summed E-state index contributed by atoms with van der Waals surface area (Å²) in [6.45, 7) is 6.43. The fourth-order valence-electron chi connectivity index (χ4n) is 4.03. The first-order valence-corrected chi connectivity index (χ1v) is 11.2. The lowest BCUT2D eigenvalue weighted by Crippen LogP contribution is -2.32. The van der Waals surface area contributed by atoms with E-state index >= 15 is 0 Å². The second-order valence-corrected chi connectivity index (χ2v) is 8.60. The molecule has 1 aliphatic heterocycles. The minimum atomic E-state index is -0.310.